The summed E-state index contributed by atoms with van der Waals surface area (Å²) in [4.78, 5) is 15.3. The molecule has 0 aliphatic rings. The van der Waals surface area contributed by atoms with Crippen molar-refractivity contribution in [1.29, 1.82) is 5.26 Å². The topological polar surface area (TPSA) is 58.7 Å². The van der Waals surface area contributed by atoms with Crippen LogP contribution in [0.4, 0.5) is 0 Å². The second kappa shape index (κ2) is 5.25. The summed E-state index contributed by atoms with van der Waals surface area (Å²) in [6.45, 7) is 3.95. The van der Waals surface area contributed by atoms with Crippen molar-refractivity contribution in [3.05, 3.63) is 62.3 Å². The molecule has 2 aromatic rings. The molecular formula is C14H12ClN3O. The van der Waals surface area contributed by atoms with Gasteiger partial charge in [-0.3, -0.25) is 4.79 Å². The Morgan fingerprint density at radius 3 is 2.74 bits per heavy atom. The highest BCUT2D eigenvalue weighted by molar-refractivity contribution is 6.28. The summed E-state index contributed by atoms with van der Waals surface area (Å²) in [5.41, 5.74) is 2.46. The van der Waals surface area contributed by atoms with Crippen molar-refractivity contribution in [1.82, 2.24) is 9.55 Å². The molecule has 1 aromatic carbocycles. The first-order valence-corrected chi connectivity index (χ1v) is 6.14. The summed E-state index contributed by atoms with van der Waals surface area (Å²) in [5.74, 6) is 0. The standard InChI is InChI=1S/C14H12ClN3O/c1-9-10(2)18(14(15)17-13(9)19)8-12-6-4-3-5-11(12)7-16/h3-6H,8H2,1-2H3. The maximum absolute atomic E-state index is 11.5. The molecule has 0 unspecified atom stereocenters. The number of rotatable bonds is 2. The quantitative estimate of drug-likeness (QED) is 0.790. The molecule has 1 aromatic heterocycles. The summed E-state index contributed by atoms with van der Waals surface area (Å²) in [6, 6.07) is 9.43. The number of halogens is 1. The van der Waals surface area contributed by atoms with Crippen LogP contribution in [0.15, 0.2) is 29.1 Å². The summed E-state index contributed by atoms with van der Waals surface area (Å²) in [6.07, 6.45) is 0. The Hall–Kier alpha value is -2.12. The first-order valence-electron chi connectivity index (χ1n) is 5.76. The highest BCUT2D eigenvalue weighted by Gasteiger charge is 2.11. The molecule has 2 rings (SSSR count). The van der Waals surface area contributed by atoms with Crippen molar-refractivity contribution in [2.24, 2.45) is 0 Å². The molecular weight excluding hydrogens is 262 g/mol. The third-order valence-corrected chi connectivity index (χ3v) is 3.44. The van der Waals surface area contributed by atoms with Crippen molar-refractivity contribution in [3.8, 4) is 6.07 Å². The van der Waals surface area contributed by atoms with E-state index in [0.717, 1.165) is 11.3 Å². The maximum Gasteiger partial charge on any atom is 0.277 e. The van der Waals surface area contributed by atoms with Gasteiger partial charge < -0.3 is 4.57 Å². The minimum absolute atomic E-state index is 0.140. The van der Waals surface area contributed by atoms with Crippen molar-refractivity contribution < 1.29 is 0 Å². The van der Waals surface area contributed by atoms with E-state index in [0.29, 0.717) is 17.7 Å². The monoisotopic (exact) mass is 273 g/mol. The Kier molecular flexibility index (Phi) is 3.68. The Balaban J connectivity index is 2.54. The average molecular weight is 274 g/mol. The van der Waals surface area contributed by atoms with E-state index in [9.17, 15) is 4.79 Å². The zero-order chi connectivity index (χ0) is 14.0. The van der Waals surface area contributed by atoms with Gasteiger partial charge in [-0.25, -0.2) is 0 Å². The first-order chi connectivity index (χ1) is 9.04. The molecule has 4 nitrogen and oxygen atoms in total. The van der Waals surface area contributed by atoms with Gasteiger partial charge >= 0.3 is 0 Å². The molecule has 0 amide bonds. The molecule has 0 spiro atoms. The normalized spacial score (nSPS) is 10.2. The van der Waals surface area contributed by atoms with E-state index in [2.05, 4.69) is 11.1 Å². The Morgan fingerprint density at radius 2 is 2.05 bits per heavy atom. The van der Waals surface area contributed by atoms with Crippen LogP contribution >= 0.6 is 11.6 Å². The van der Waals surface area contributed by atoms with Crippen molar-refractivity contribution in [2.75, 3.05) is 0 Å². The molecule has 0 saturated carbocycles. The van der Waals surface area contributed by atoms with E-state index < -0.39 is 0 Å². The fourth-order valence-corrected chi connectivity index (χ4v) is 2.11. The van der Waals surface area contributed by atoms with Gasteiger partial charge in [0.05, 0.1) is 18.2 Å². The van der Waals surface area contributed by atoms with Crippen LogP contribution in [0.25, 0.3) is 0 Å². The van der Waals surface area contributed by atoms with E-state index in [1.165, 1.54) is 0 Å². The summed E-state index contributed by atoms with van der Waals surface area (Å²) >= 11 is 6.02. The lowest BCUT2D eigenvalue weighted by Crippen LogP contribution is -2.20. The van der Waals surface area contributed by atoms with E-state index in [1.807, 2.05) is 25.1 Å². The number of hydrogen-bond acceptors (Lipinski definition) is 3. The predicted octanol–water partition coefficient (Wildman–Crippen LogP) is 2.43. The SMILES string of the molecule is Cc1c(C)n(Cc2ccccc2C#N)c(Cl)nc1=O. The zero-order valence-electron chi connectivity index (χ0n) is 10.6. The number of nitrogens with zero attached hydrogens (tertiary/aromatic N) is 3. The van der Waals surface area contributed by atoms with Crippen LogP contribution in [0, 0.1) is 25.2 Å². The number of benzene rings is 1. The molecule has 0 aliphatic carbocycles. The highest BCUT2D eigenvalue weighted by Crippen LogP contribution is 2.15. The van der Waals surface area contributed by atoms with Crippen molar-refractivity contribution in [2.45, 2.75) is 20.4 Å². The minimum atomic E-state index is -0.313. The zero-order valence-corrected chi connectivity index (χ0v) is 11.4. The largest absolute Gasteiger partial charge is 0.316 e. The summed E-state index contributed by atoms with van der Waals surface area (Å²) < 4.78 is 1.73. The second-order valence-electron chi connectivity index (χ2n) is 4.25. The van der Waals surface area contributed by atoms with Gasteiger partial charge in [-0.1, -0.05) is 18.2 Å². The molecule has 1 heterocycles. The van der Waals surface area contributed by atoms with Gasteiger partial charge in [0.25, 0.3) is 5.56 Å². The van der Waals surface area contributed by atoms with Gasteiger partial charge in [0.1, 0.15) is 0 Å². The predicted molar refractivity (Wildman–Crippen MR) is 73.2 cm³/mol. The van der Waals surface area contributed by atoms with Crippen LogP contribution in [-0.2, 0) is 6.54 Å². The Bertz CT molecular complexity index is 728. The van der Waals surface area contributed by atoms with Crippen molar-refractivity contribution in [3.63, 3.8) is 0 Å². The molecule has 0 saturated heterocycles. The van der Waals surface area contributed by atoms with E-state index in [4.69, 9.17) is 16.9 Å². The van der Waals surface area contributed by atoms with E-state index in [1.54, 1.807) is 17.6 Å². The average Bonchev–Trinajstić information content (AvgIpc) is 2.41. The van der Waals surface area contributed by atoms with Crippen LogP contribution in [0.5, 0.6) is 0 Å². The molecule has 96 valence electrons. The maximum atomic E-state index is 11.5. The van der Waals surface area contributed by atoms with Gasteiger partial charge in [0.2, 0.25) is 5.28 Å². The lowest BCUT2D eigenvalue weighted by Gasteiger charge is -2.14. The van der Waals surface area contributed by atoms with Gasteiger partial charge in [-0.15, -0.1) is 0 Å². The van der Waals surface area contributed by atoms with Crippen LogP contribution < -0.4 is 5.56 Å². The van der Waals surface area contributed by atoms with Gasteiger partial charge in [0.15, 0.2) is 0 Å². The van der Waals surface area contributed by atoms with E-state index in [-0.39, 0.29) is 10.8 Å². The third-order valence-electron chi connectivity index (χ3n) is 3.15. The van der Waals surface area contributed by atoms with Crippen LogP contribution in [0.3, 0.4) is 0 Å². The molecule has 0 fully saturated rings. The Labute approximate surface area is 115 Å². The van der Waals surface area contributed by atoms with Crippen molar-refractivity contribution >= 4 is 11.6 Å². The molecule has 0 atom stereocenters. The van der Waals surface area contributed by atoms with Crippen LogP contribution in [0.1, 0.15) is 22.4 Å². The molecule has 0 aliphatic heterocycles. The molecule has 19 heavy (non-hydrogen) atoms. The van der Waals surface area contributed by atoms with Gasteiger partial charge in [-0.2, -0.15) is 10.2 Å². The van der Waals surface area contributed by atoms with Gasteiger partial charge in [-0.05, 0) is 37.1 Å². The summed E-state index contributed by atoms with van der Waals surface area (Å²) in [5, 5.41) is 9.22. The number of hydrogen-bond donors (Lipinski definition) is 0. The highest BCUT2D eigenvalue weighted by atomic mass is 35.5. The fraction of sp³-hybridized carbons (Fsp3) is 0.214. The molecule has 0 N–H and O–H groups in total. The van der Waals surface area contributed by atoms with Crippen LogP contribution in [0.2, 0.25) is 5.28 Å². The lowest BCUT2D eigenvalue weighted by atomic mass is 10.1. The smallest absolute Gasteiger partial charge is 0.277 e. The molecule has 5 heteroatoms. The first kappa shape index (κ1) is 13.3. The molecule has 0 bridgehead atoms. The number of nitriles is 1. The van der Waals surface area contributed by atoms with Gasteiger partial charge in [0, 0.05) is 11.3 Å². The summed E-state index contributed by atoms with van der Waals surface area (Å²) in [7, 11) is 0. The minimum Gasteiger partial charge on any atom is -0.316 e. The fourth-order valence-electron chi connectivity index (χ4n) is 1.85. The second-order valence-corrected chi connectivity index (χ2v) is 4.59. The third kappa shape index (κ3) is 2.51. The van der Waals surface area contributed by atoms with E-state index >= 15 is 0 Å². The molecule has 0 radical (unpaired) electrons. The van der Waals surface area contributed by atoms with Crippen LogP contribution in [-0.4, -0.2) is 9.55 Å². The lowest BCUT2D eigenvalue weighted by molar-refractivity contribution is 0.722. The Morgan fingerprint density at radius 1 is 1.37 bits per heavy atom. The number of aromatic nitrogens is 2.